The van der Waals surface area contributed by atoms with Gasteiger partial charge in [-0.1, -0.05) is 158 Å². The Balaban J connectivity index is 1.31. The van der Waals surface area contributed by atoms with E-state index in [1.54, 1.807) is 0 Å². The summed E-state index contributed by atoms with van der Waals surface area (Å²) in [6, 6.07) is 61.1. The summed E-state index contributed by atoms with van der Waals surface area (Å²) in [5, 5.41) is 2.33. The van der Waals surface area contributed by atoms with Crippen LogP contribution in [-0.2, 0) is 0 Å². The second-order valence-corrected chi connectivity index (χ2v) is 11.3. The van der Waals surface area contributed by atoms with Crippen molar-refractivity contribution in [2.75, 3.05) is 0 Å². The molecule has 0 fully saturated rings. The van der Waals surface area contributed by atoms with Gasteiger partial charge in [0.05, 0.1) is 0 Å². The third kappa shape index (κ3) is 5.47. The largest absolute Gasteiger partial charge is 0.208 e. The van der Waals surface area contributed by atoms with Crippen molar-refractivity contribution in [1.82, 2.24) is 15.0 Å². The molecule has 8 aromatic rings. The normalized spacial score (nSPS) is 11.0. The van der Waals surface area contributed by atoms with Crippen molar-refractivity contribution >= 4 is 10.8 Å². The zero-order valence-electron chi connectivity index (χ0n) is 25.1. The van der Waals surface area contributed by atoms with Crippen molar-refractivity contribution in [2.45, 2.75) is 0 Å². The zero-order valence-corrected chi connectivity index (χ0v) is 25.1. The maximum absolute atomic E-state index is 5.12. The highest BCUT2D eigenvalue weighted by molar-refractivity contribution is 5.99. The van der Waals surface area contributed by atoms with Crippen LogP contribution in [0.25, 0.3) is 78.3 Å². The molecular formula is C43H29N3. The van der Waals surface area contributed by atoms with Gasteiger partial charge in [0.15, 0.2) is 17.5 Å². The van der Waals surface area contributed by atoms with Crippen LogP contribution in [0.5, 0.6) is 0 Å². The Morgan fingerprint density at radius 2 is 0.717 bits per heavy atom. The third-order valence-electron chi connectivity index (χ3n) is 8.32. The van der Waals surface area contributed by atoms with Crippen molar-refractivity contribution in [1.29, 1.82) is 0 Å². The second-order valence-electron chi connectivity index (χ2n) is 11.3. The monoisotopic (exact) mass is 587 g/mol. The molecule has 0 aliphatic carbocycles. The maximum Gasteiger partial charge on any atom is 0.164 e. The summed E-state index contributed by atoms with van der Waals surface area (Å²) in [4.78, 5) is 15.3. The highest BCUT2D eigenvalue weighted by Gasteiger charge is 2.16. The minimum absolute atomic E-state index is 0.638. The SMILES string of the molecule is c1ccc(-c2ccc(-c3nc(-c4cccc(-c5ccccc5)c4)nc(-c4cc(-c5ccccc5)c5ccccc5c4)n3)cc2)cc1. The first-order valence-corrected chi connectivity index (χ1v) is 15.4. The number of nitrogens with zero attached hydrogens (tertiary/aromatic N) is 3. The molecule has 3 nitrogen and oxygen atoms in total. The van der Waals surface area contributed by atoms with Gasteiger partial charge in [0.2, 0.25) is 0 Å². The molecule has 0 N–H and O–H groups in total. The van der Waals surface area contributed by atoms with E-state index in [2.05, 4.69) is 158 Å². The van der Waals surface area contributed by atoms with E-state index in [1.807, 2.05) is 18.2 Å². The predicted molar refractivity (Wildman–Crippen MR) is 190 cm³/mol. The fraction of sp³-hybridized carbons (Fsp3) is 0. The van der Waals surface area contributed by atoms with Crippen molar-refractivity contribution in [2.24, 2.45) is 0 Å². The standard InChI is InChI=1S/C43H29N3/c1-4-13-30(14-5-1)32-23-25-34(26-24-32)41-44-42(37-21-12-20-35(27-37)31-15-6-2-7-16-31)46-43(45-41)38-28-36-19-10-11-22-39(36)40(29-38)33-17-8-3-9-18-33/h1-29H. The lowest BCUT2D eigenvalue weighted by molar-refractivity contribution is 1.07. The van der Waals surface area contributed by atoms with Gasteiger partial charge >= 0.3 is 0 Å². The minimum Gasteiger partial charge on any atom is -0.208 e. The van der Waals surface area contributed by atoms with Crippen LogP contribution >= 0.6 is 0 Å². The molecule has 8 rings (SSSR count). The number of aromatic nitrogens is 3. The van der Waals surface area contributed by atoms with Crippen LogP contribution in [0.2, 0.25) is 0 Å². The molecule has 216 valence electrons. The molecule has 0 unspecified atom stereocenters. The van der Waals surface area contributed by atoms with Crippen LogP contribution in [0.3, 0.4) is 0 Å². The van der Waals surface area contributed by atoms with E-state index >= 15 is 0 Å². The Labute approximate surface area is 268 Å². The van der Waals surface area contributed by atoms with E-state index in [0.29, 0.717) is 17.5 Å². The van der Waals surface area contributed by atoms with Gasteiger partial charge in [-0.05, 0) is 62.4 Å². The fourth-order valence-electron chi connectivity index (χ4n) is 5.97. The average Bonchev–Trinajstić information content (AvgIpc) is 3.15. The van der Waals surface area contributed by atoms with Crippen molar-refractivity contribution < 1.29 is 0 Å². The molecule has 0 atom stereocenters. The first-order chi connectivity index (χ1) is 22.8. The molecule has 46 heavy (non-hydrogen) atoms. The summed E-state index contributed by atoms with van der Waals surface area (Å²) in [6.45, 7) is 0. The smallest absolute Gasteiger partial charge is 0.164 e. The molecule has 0 aliphatic rings. The average molecular weight is 588 g/mol. The lowest BCUT2D eigenvalue weighted by Crippen LogP contribution is -2.00. The first kappa shape index (κ1) is 27.4. The van der Waals surface area contributed by atoms with Crippen molar-refractivity contribution in [3.63, 3.8) is 0 Å². The van der Waals surface area contributed by atoms with E-state index in [9.17, 15) is 0 Å². The summed E-state index contributed by atoms with van der Waals surface area (Å²) in [7, 11) is 0. The van der Waals surface area contributed by atoms with E-state index < -0.39 is 0 Å². The van der Waals surface area contributed by atoms with Gasteiger partial charge in [-0.2, -0.15) is 0 Å². The summed E-state index contributed by atoms with van der Waals surface area (Å²) in [5.74, 6) is 1.92. The van der Waals surface area contributed by atoms with Crippen LogP contribution < -0.4 is 0 Å². The Morgan fingerprint density at radius 3 is 1.39 bits per heavy atom. The quantitative estimate of drug-likeness (QED) is 0.194. The summed E-state index contributed by atoms with van der Waals surface area (Å²) >= 11 is 0. The van der Waals surface area contributed by atoms with Crippen molar-refractivity contribution in [3.05, 3.63) is 176 Å². The number of hydrogen-bond acceptors (Lipinski definition) is 3. The number of benzene rings is 7. The molecule has 7 aromatic carbocycles. The van der Waals surface area contributed by atoms with E-state index in [1.165, 1.54) is 10.9 Å². The van der Waals surface area contributed by atoms with Gasteiger partial charge in [0.25, 0.3) is 0 Å². The highest BCUT2D eigenvalue weighted by Crippen LogP contribution is 2.35. The van der Waals surface area contributed by atoms with E-state index in [4.69, 9.17) is 15.0 Å². The number of hydrogen-bond donors (Lipinski definition) is 0. The Hall–Kier alpha value is -6.19. The highest BCUT2D eigenvalue weighted by atomic mass is 15.0. The van der Waals surface area contributed by atoms with Crippen LogP contribution in [0.1, 0.15) is 0 Å². The predicted octanol–water partition coefficient (Wildman–Crippen LogP) is 11.0. The molecule has 0 bridgehead atoms. The van der Waals surface area contributed by atoms with Crippen LogP contribution in [-0.4, -0.2) is 15.0 Å². The molecule has 0 saturated heterocycles. The van der Waals surface area contributed by atoms with Gasteiger partial charge in [0.1, 0.15) is 0 Å². The summed E-state index contributed by atoms with van der Waals surface area (Å²) < 4.78 is 0. The molecule has 1 heterocycles. The van der Waals surface area contributed by atoms with Crippen LogP contribution in [0.4, 0.5) is 0 Å². The van der Waals surface area contributed by atoms with Crippen LogP contribution in [0.15, 0.2) is 176 Å². The van der Waals surface area contributed by atoms with Gasteiger partial charge in [-0.3, -0.25) is 0 Å². The van der Waals surface area contributed by atoms with Crippen molar-refractivity contribution in [3.8, 4) is 67.5 Å². The molecule has 3 heteroatoms. The molecule has 0 aliphatic heterocycles. The first-order valence-electron chi connectivity index (χ1n) is 15.4. The lowest BCUT2D eigenvalue weighted by Gasteiger charge is -2.13. The van der Waals surface area contributed by atoms with Gasteiger partial charge < -0.3 is 0 Å². The summed E-state index contributed by atoms with van der Waals surface area (Å²) in [5.41, 5.74) is 9.72. The van der Waals surface area contributed by atoms with E-state index in [-0.39, 0.29) is 0 Å². The minimum atomic E-state index is 0.638. The molecular weight excluding hydrogens is 558 g/mol. The van der Waals surface area contributed by atoms with Gasteiger partial charge in [-0.25, -0.2) is 15.0 Å². The van der Waals surface area contributed by atoms with E-state index in [0.717, 1.165) is 49.9 Å². The fourth-order valence-corrected chi connectivity index (χ4v) is 5.97. The lowest BCUT2D eigenvalue weighted by atomic mass is 9.95. The van der Waals surface area contributed by atoms with Gasteiger partial charge in [0, 0.05) is 16.7 Å². The second kappa shape index (κ2) is 12.1. The third-order valence-corrected chi connectivity index (χ3v) is 8.32. The topological polar surface area (TPSA) is 38.7 Å². The maximum atomic E-state index is 5.12. The number of fused-ring (bicyclic) bond motifs is 1. The Morgan fingerprint density at radius 1 is 0.261 bits per heavy atom. The molecule has 1 aromatic heterocycles. The molecule has 0 spiro atoms. The number of rotatable bonds is 6. The Kier molecular flexibility index (Phi) is 7.18. The van der Waals surface area contributed by atoms with Gasteiger partial charge in [-0.15, -0.1) is 0 Å². The van der Waals surface area contributed by atoms with Crippen LogP contribution in [0, 0.1) is 0 Å². The molecule has 0 amide bonds. The summed E-state index contributed by atoms with van der Waals surface area (Å²) in [6.07, 6.45) is 0. The Bertz CT molecular complexity index is 2280. The molecule has 0 radical (unpaired) electrons. The zero-order chi connectivity index (χ0) is 30.7. The molecule has 0 saturated carbocycles.